The number of aromatic amines is 1. The molecule has 0 aliphatic carbocycles. The molecule has 7 heteroatoms. The van der Waals surface area contributed by atoms with Crippen LogP contribution in [0.2, 0.25) is 0 Å². The van der Waals surface area contributed by atoms with Crippen molar-refractivity contribution in [2.24, 2.45) is 0 Å². The van der Waals surface area contributed by atoms with E-state index in [1.165, 1.54) is 5.69 Å². The summed E-state index contributed by atoms with van der Waals surface area (Å²) >= 11 is 0. The van der Waals surface area contributed by atoms with Gasteiger partial charge in [0, 0.05) is 48.7 Å². The molecule has 0 bridgehead atoms. The lowest BCUT2D eigenvalue weighted by molar-refractivity contribution is 0.0337. The fraction of sp³-hybridized carbons (Fsp3) is 0.278. The van der Waals surface area contributed by atoms with Gasteiger partial charge in [-0.25, -0.2) is 4.98 Å². The molecule has 1 aliphatic rings. The first kappa shape index (κ1) is 14.6. The number of ether oxygens (including phenoxy) is 1. The summed E-state index contributed by atoms with van der Waals surface area (Å²) in [7, 11) is 0. The molecule has 0 atom stereocenters. The van der Waals surface area contributed by atoms with Crippen LogP contribution in [-0.2, 0) is 11.3 Å². The van der Waals surface area contributed by atoms with Gasteiger partial charge in [0.1, 0.15) is 5.65 Å². The third-order valence-corrected chi connectivity index (χ3v) is 4.68. The second-order valence-electron chi connectivity index (χ2n) is 6.26. The minimum atomic E-state index is 0.805. The summed E-state index contributed by atoms with van der Waals surface area (Å²) < 4.78 is 7.08. The van der Waals surface area contributed by atoms with Gasteiger partial charge in [-0.2, -0.15) is 14.8 Å². The van der Waals surface area contributed by atoms with Crippen molar-refractivity contribution in [2.75, 3.05) is 26.3 Å². The Morgan fingerprint density at radius 1 is 1.08 bits per heavy atom. The summed E-state index contributed by atoms with van der Waals surface area (Å²) in [4.78, 5) is 10.4. The molecule has 7 nitrogen and oxygen atoms in total. The van der Waals surface area contributed by atoms with Gasteiger partial charge >= 0.3 is 0 Å². The van der Waals surface area contributed by atoms with Crippen LogP contribution in [0.25, 0.3) is 27.7 Å². The zero-order valence-electron chi connectivity index (χ0n) is 13.7. The molecule has 1 N–H and O–H groups in total. The van der Waals surface area contributed by atoms with Crippen LogP contribution in [0.4, 0.5) is 0 Å². The van der Waals surface area contributed by atoms with Crippen molar-refractivity contribution in [3.8, 4) is 11.1 Å². The molecule has 1 fully saturated rings. The van der Waals surface area contributed by atoms with Crippen molar-refractivity contribution in [3.63, 3.8) is 0 Å². The van der Waals surface area contributed by atoms with Crippen molar-refractivity contribution in [2.45, 2.75) is 6.54 Å². The lowest BCUT2D eigenvalue weighted by atomic mass is 10.1. The number of pyridine rings is 1. The Morgan fingerprint density at radius 3 is 2.92 bits per heavy atom. The minimum Gasteiger partial charge on any atom is -0.379 e. The molecule has 0 unspecified atom stereocenters. The number of morpholine rings is 1. The standard InChI is InChI=1S/C18H18N6O/c1-2-17-16(11-21-24(17)20-4-1)14-3-5-19-18-15(14)10-13(22-18)12-23-6-8-25-9-7-23/h1-5,10-11H,6-9,12H2,(H,19,22). The molecular formula is C18H18N6O. The Hall–Kier alpha value is -2.77. The third kappa shape index (κ3) is 2.57. The molecule has 0 radical (unpaired) electrons. The van der Waals surface area contributed by atoms with Crippen LogP contribution in [0, 0.1) is 0 Å². The lowest BCUT2D eigenvalue weighted by Crippen LogP contribution is -2.35. The van der Waals surface area contributed by atoms with Gasteiger partial charge in [0.2, 0.25) is 0 Å². The molecular weight excluding hydrogens is 316 g/mol. The first-order valence-electron chi connectivity index (χ1n) is 8.44. The van der Waals surface area contributed by atoms with Crippen LogP contribution in [0.1, 0.15) is 5.69 Å². The average Bonchev–Trinajstić information content (AvgIpc) is 3.26. The largest absolute Gasteiger partial charge is 0.379 e. The summed E-state index contributed by atoms with van der Waals surface area (Å²) in [5.74, 6) is 0. The van der Waals surface area contributed by atoms with Crippen molar-refractivity contribution < 1.29 is 4.74 Å². The van der Waals surface area contributed by atoms with E-state index in [1.54, 1.807) is 10.8 Å². The van der Waals surface area contributed by atoms with Crippen molar-refractivity contribution in [3.05, 3.63) is 48.5 Å². The molecule has 126 valence electrons. The molecule has 5 rings (SSSR count). The fourth-order valence-electron chi connectivity index (χ4n) is 3.44. The number of hydrogen-bond donors (Lipinski definition) is 1. The van der Waals surface area contributed by atoms with E-state index in [0.717, 1.165) is 60.5 Å². The summed E-state index contributed by atoms with van der Waals surface area (Å²) in [6.45, 7) is 4.43. The molecule has 1 saturated heterocycles. The van der Waals surface area contributed by atoms with Gasteiger partial charge in [-0.3, -0.25) is 4.90 Å². The smallest absolute Gasteiger partial charge is 0.138 e. The maximum atomic E-state index is 5.43. The second kappa shape index (κ2) is 5.94. The Kier molecular flexibility index (Phi) is 3.46. The Bertz CT molecular complexity index is 1030. The highest BCUT2D eigenvalue weighted by molar-refractivity contribution is 5.97. The second-order valence-corrected chi connectivity index (χ2v) is 6.26. The fourth-order valence-corrected chi connectivity index (χ4v) is 3.44. The number of nitrogens with zero attached hydrogens (tertiary/aromatic N) is 5. The highest BCUT2D eigenvalue weighted by Crippen LogP contribution is 2.31. The maximum absolute atomic E-state index is 5.43. The summed E-state index contributed by atoms with van der Waals surface area (Å²) in [5.41, 5.74) is 5.26. The molecule has 0 saturated carbocycles. The zero-order chi connectivity index (χ0) is 16.6. The van der Waals surface area contributed by atoms with Crippen LogP contribution in [0.15, 0.2) is 42.9 Å². The molecule has 0 aromatic carbocycles. The molecule has 0 spiro atoms. The van der Waals surface area contributed by atoms with E-state index >= 15 is 0 Å². The van der Waals surface area contributed by atoms with Gasteiger partial charge in [-0.05, 0) is 29.8 Å². The van der Waals surface area contributed by atoms with Crippen LogP contribution in [-0.4, -0.2) is 56.0 Å². The quantitative estimate of drug-likeness (QED) is 0.621. The topological polar surface area (TPSA) is 71.3 Å². The molecule has 4 aromatic rings. The Morgan fingerprint density at radius 2 is 2.00 bits per heavy atom. The Balaban J connectivity index is 1.57. The first-order valence-corrected chi connectivity index (χ1v) is 8.44. The SMILES string of the molecule is c1cnn2ncc(-c3ccnc4[nH]c(CN5CCOCC5)cc34)c2c1. The van der Waals surface area contributed by atoms with E-state index < -0.39 is 0 Å². The molecule has 5 heterocycles. The highest BCUT2D eigenvalue weighted by atomic mass is 16.5. The van der Waals surface area contributed by atoms with Gasteiger partial charge < -0.3 is 9.72 Å². The monoisotopic (exact) mass is 334 g/mol. The summed E-state index contributed by atoms with van der Waals surface area (Å²) in [6.07, 6.45) is 5.45. The lowest BCUT2D eigenvalue weighted by Gasteiger charge is -2.25. The van der Waals surface area contributed by atoms with E-state index in [1.807, 2.05) is 30.6 Å². The predicted molar refractivity (Wildman–Crippen MR) is 94.2 cm³/mol. The van der Waals surface area contributed by atoms with E-state index in [4.69, 9.17) is 4.74 Å². The molecule has 0 amide bonds. The van der Waals surface area contributed by atoms with Crippen molar-refractivity contribution >= 4 is 16.6 Å². The van der Waals surface area contributed by atoms with Crippen LogP contribution in [0.5, 0.6) is 0 Å². The van der Waals surface area contributed by atoms with Crippen molar-refractivity contribution in [1.29, 1.82) is 0 Å². The number of hydrogen-bond acceptors (Lipinski definition) is 5. The number of rotatable bonds is 3. The van der Waals surface area contributed by atoms with Gasteiger partial charge in [-0.15, -0.1) is 0 Å². The van der Waals surface area contributed by atoms with Gasteiger partial charge in [-0.1, -0.05) is 0 Å². The predicted octanol–water partition coefficient (Wildman–Crippen LogP) is 2.10. The average molecular weight is 334 g/mol. The summed E-state index contributed by atoms with van der Waals surface area (Å²) in [6, 6.07) is 8.20. The normalized spacial score (nSPS) is 16.0. The molecule has 4 aromatic heterocycles. The number of fused-ring (bicyclic) bond motifs is 2. The molecule has 25 heavy (non-hydrogen) atoms. The van der Waals surface area contributed by atoms with Gasteiger partial charge in [0.15, 0.2) is 0 Å². The molecule has 1 aliphatic heterocycles. The van der Waals surface area contributed by atoms with Crippen molar-refractivity contribution in [1.82, 2.24) is 29.7 Å². The van der Waals surface area contributed by atoms with E-state index in [-0.39, 0.29) is 0 Å². The number of nitrogens with one attached hydrogen (secondary N) is 1. The highest BCUT2D eigenvalue weighted by Gasteiger charge is 2.15. The third-order valence-electron chi connectivity index (χ3n) is 4.68. The first-order chi connectivity index (χ1) is 12.4. The minimum absolute atomic E-state index is 0.805. The van der Waals surface area contributed by atoms with E-state index in [9.17, 15) is 0 Å². The van der Waals surface area contributed by atoms with Crippen LogP contribution in [0.3, 0.4) is 0 Å². The Labute approximate surface area is 144 Å². The maximum Gasteiger partial charge on any atom is 0.138 e. The van der Waals surface area contributed by atoms with E-state index in [2.05, 4.69) is 31.1 Å². The van der Waals surface area contributed by atoms with Crippen LogP contribution < -0.4 is 0 Å². The van der Waals surface area contributed by atoms with E-state index in [0.29, 0.717) is 0 Å². The zero-order valence-corrected chi connectivity index (χ0v) is 13.7. The van der Waals surface area contributed by atoms with Crippen LogP contribution >= 0.6 is 0 Å². The number of aromatic nitrogens is 5. The van der Waals surface area contributed by atoms with Gasteiger partial charge in [0.25, 0.3) is 0 Å². The summed E-state index contributed by atoms with van der Waals surface area (Å²) in [5, 5.41) is 9.72. The number of H-pyrrole nitrogens is 1. The van der Waals surface area contributed by atoms with Gasteiger partial charge in [0.05, 0.1) is 24.9 Å².